The number of non-ortho nitro benzene ring substituents is 1. The maximum atomic E-state index is 12.2. The molecule has 3 rings (SSSR count). The quantitative estimate of drug-likeness (QED) is 0.289. The van der Waals surface area contributed by atoms with E-state index in [1.54, 1.807) is 23.5 Å². The van der Waals surface area contributed by atoms with Gasteiger partial charge in [0, 0.05) is 16.8 Å². The molecule has 0 saturated heterocycles. The molecule has 0 aliphatic heterocycles. The molecule has 3 aromatic rings. The molecule has 2 aromatic carbocycles. The molecule has 0 N–H and O–H groups in total. The minimum absolute atomic E-state index is 0.0881. The molecule has 0 fully saturated rings. The maximum Gasteiger partial charge on any atom is 0.343 e. The van der Waals surface area contributed by atoms with Gasteiger partial charge in [0.05, 0.1) is 15.5 Å². The first-order valence-electron chi connectivity index (χ1n) is 6.59. The Bertz CT molecular complexity index is 918. The lowest BCUT2D eigenvalue weighted by molar-refractivity contribution is -0.384. The van der Waals surface area contributed by atoms with Crippen LogP contribution in [0.15, 0.2) is 41.8 Å². The summed E-state index contributed by atoms with van der Waals surface area (Å²) in [5.41, 5.74) is 1.21. The van der Waals surface area contributed by atoms with Crippen molar-refractivity contribution in [2.75, 3.05) is 0 Å². The number of rotatable bonds is 3. The number of nitro benzene ring substituents is 1. The Hall–Kier alpha value is -2.44. The summed E-state index contributed by atoms with van der Waals surface area (Å²) in [7, 11) is 0. The number of thiophene rings is 1. The lowest BCUT2D eigenvalue weighted by Crippen LogP contribution is -2.08. The highest BCUT2D eigenvalue weighted by Crippen LogP contribution is 2.35. The number of carbonyl (C=O) groups is 1. The van der Waals surface area contributed by atoms with Gasteiger partial charge in [-0.3, -0.25) is 10.1 Å². The second-order valence-corrected chi connectivity index (χ2v) is 6.21. The normalized spacial score (nSPS) is 10.7. The second-order valence-electron chi connectivity index (χ2n) is 4.89. The highest BCUT2D eigenvalue weighted by molar-refractivity contribution is 7.17. The lowest BCUT2D eigenvalue weighted by atomic mass is 10.2. The van der Waals surface area contributed by atoms with Crippen LogP contribution in [0.4, 0.5) is 5.69 Å². The molecule has 1 heterocycles. The molecule has 0 unspecified atom stereocenters. The zero-order chi connectivity index (χ0) is 16.6. The summed E-state index contributed by atoms with van der Waals surface area (Å²) in [6.45, 7) is 1.97. The van der Waals surface area contributed by atoms with Crippen molar-refractivity contribution in [1.29, 1.82) is 0 Å². The standard InChI is InChI=1S/C16H10ClNO4S/c1-9-8-23-15-7-13(17)14(6-12(9)15)22-16(19)10-2-4-11(5-3-10)18(20)21/h2-8H,1H3. The molecule has 5 nitrogen and oxygen atoms in total. The highest BCUT2D eigenvalue weighted by atomic mass is 35.5. The van der Waals surface area contributed by atoms with E-state index in [-0.39, 0.29) is 17.0 Å². The number of hydrogen-bond acceptors (Lipinski definition) is 5. The third-order valence-electron chi connectivity index (χ3n) is 3.34. The first kappa shape index (κ1) is 15.5. The molecule has 0 aliphatic carbocycles. The monoisotopic (exact) mass is 347 g/mol. The lowest BCUT2D eigenvalue weighted by Gasteiger charge is -2.07. The molecule has 1 aromatic heterocycles. The highest BCUT2D eigenvalue weighted by Gasteiger charge is 2.15. The summed E-state index contributed by atoms with van der Waals surface area (Å²) in [4.78, 5) is 22.3. The minimum atomic E-state index is -0.617. The van der Waals surface area contributed by atoms with Crippen LogP contribution in [0.3, 0.4) is 0 Å². The molecule has 0 radical (unpaired) electrons. The zero-order valence-corrected chi connectivity index (χ0v) is 13.5. The fraction of sp³-hybridized carbons (Fsp3) is 0.0625. The van der Waals surface area contributed by atoms with E-state index in [9.17, 15) is 14.9 Å². The number of nitrogens with zero attached hydrogens (tertiary/aromatic N) is 1. The SMILES string of the molecule is Cc1csc2cc(Cl)c(OC(=O)c3ccc([N+](=O)[O-])cc3)cc12. The summed E-state index contributed by atoms with van der Waals surface area (Å²) >= 11 is 7.72. The summed E-state index contributed by atoms with van der Waals surface area (Å²) in [6.07, 6.45) is 0. The molecule has 7 heteroatoms. The number of halogens is 1. The van der Waals surface area contributed by atoms with Gasteiger partial charge >= 0.3 is 5.97 Å². The average Bonchev–Trinajstić information content (AvgIpc) is 2.88. The van der Waals surface area contributed by atoms with E-state index < -0.39 is 10.9 Å². The Morgan fingerprint density at radius 2 is 1.96 bits per heavy atom. The number of nitro groups is 1. The van der Waals surface area contributed by atoms with Crippen LogP contribution in [0.2, 0.25) is 5.02 Å². The first-order chi connectivity index (χ1) is 11.0. The molecular formula is C16H10ClNO4S. The molecule has 0 spiro atoms. The summed E-state index contributed by atoms with van der Waals surface area (Å²) < 4.78 is 6.34. The number of fused-ring (bicyclic) bond motifs is 1. The zero-order valence-electron chi connectivity index (χ0n) is 11.9. The summed E-state index contributed by atoms with van der Waals surface area (Å²) in [5, 5.41) is 13.9. The van der Waals surface area contributed by atoms with Gasteiger partial charge in [-0.2, -0.15) is 0 Å². The fourth-order valence-corrected chi connectivity index (χ4v) is 3.34. The van der Waals surface area contributed by atoms with Crippen LogP contribution < -0.4 is 4.74 Å². The summed E-state index contributed by atoms with van der Waals surface area (Å²) in [5.74, 6) is -0.349. The van der Waals surface area contributed by atoms with Crippen molar-refractivity contribution in [3.63, 3.8) is 0 Å². The van der Waals surface area contributed by atoms with Crippen LogP contribution in [0, 0.1) is 17.0 Å². The molecule has 116 valence electrons. The summed E-state index contributed by atoms with van der Waals surface area (Å²) in [6, 6.07) is 8.69. The number of esters is 1. The maximum absolute atomic E-state index is 12.2. The van der Waals surface area contributed by atoms with Gasteiger partial charge in [0.15, 0.2) is 5.75 Å². The fourth-order valence-electron chi connectivity index (χ4n) is 2.11. The van der Waals surface area contributed by atoms with E-state index >= 15 is 0 Å². The molecule has 0 amide bonds. The van der Waals surface area contributed by atoms with Crippen LogP contribution in [-0.4, -0.2) is 10.9 Å². The number of ether oxygens (including phenoxy) is 1. The van der Waals surface area contributed by atoms with Gasteiger partial charge in [0.1, 0.15) is 0 Å². The largest absolute Gasteiger partial charge is 0.421 e. The first-order valence-corrected chi connectivity index (χ1v) is 7.85. The smallest absolute Gasteiger partial charge is 0.343 e. The number of benzene rings is 2. The van der Waals surface area contributed by atoms with E-state index in [0.29, 0.717) is 5.02 Å². The second kappa shape index (κ2) is 5.98. The number of aryl methyl sites for hydroxylation is 1. The molecule has 0 saturated carbocycles. The van der Waals surface area contributed by atoms with Crippen molar-refractivity contribution in [3.05, 3.63) is 68.0 Å². The van der Waals surface area contributed by atoms with Gasteiger partial charge in [-0.25, -0.2) is 4.79 Å². The number of hydrogen-bond donors (Lipinski definition) is 0. The molecule has 0 atom stereocenters. The predicted molar refractivity (Wildman–Crippen MR) is 89.6 cm³/mol. The Morgan fingerprint density at radius 3 is 2.61 bits per heavy atom. The van der Waals surface area contributed by atoms with Gasteiger partial charge in [-0.1, -0.05) is 11.6 Å². The van der Waals surface area contributed by atoms with Crippen molar-refractivity contribution in [1.82, 2.24) is 0 Å². The molecule has 0 bridgehead atoms. The van der Waals surface area contributed by atoms with Crippen molar-refractivity contribution >= 4 is 44.7 Å². The predicted octanol–water partition coefficient (Wildman–Crippen LogP) is 4.99. The Balaban J connectivity index is 1.88. The Labute approximate surface area is 140 Å². The van der Waals surface area contributed by atoms with Gasteiger partial charge < -0.3 is 4.74 Å². The molecule has 0 aliphatic rings. The third kappa shape index (κ3) is 3.04. The van der Waals surface area contributed by atoms with Crippen LogP contribution in [0.5, 0.6) is 5.75 Å². The Morgan fingerprint density at radius 1 is 1.26 bits per heavy atom. The van der Waals surface area contributed by atoms with Gasteiger partial charge in [-0.15, -0.1) is 11.3 Å². The van der Waals surface area contributed by atoms with Crippen molar-refractivity contribution in [2.45, 2.75) is 6.92 Å². The van der Waals surface area contributed by atoms with Crippen molar-refractivity contribution < 1.29 is 14.5 Å². The Kier molecular flexibility index (Phi) is 4.02. The van der Waals surface area contributed by atoms with Gasteiger partial charge in [-0.05, 0) is 47.5 Å². The van der Waals surface area contributed by atoms with Crippen LogP contribution in [-0.2, 0) is 0 Å². The number of carbonyl (C=O) groups excluding carboxylic acids is 1. The van der Waals surface area contributed by atoms with E-state index in [0.717, 1.165) is 15.6 Å². The minimum Gasteiger partial charge on any atom is -0.421 e. The van der Waals surface area contributed by atoms with Crippen LogP contribution in [0.25, 0.3) is 10.1 Å². The molecular weight excluding hydrogens is 338 g/mol. The van der Waals surface area contributed by atoms with E-state index in [4.69, 9.17) is 16.3 Å². The van der Waals surface area contributed by atoms with E-state index in [1.165, 1.54) is 24.3 Å². The van der Waals surface area contributed by atoms with Gasteiger partial charge in [0.25, 0.3) is 5.69 Å². The third-order valence-corrected chi connectivity index (χ3v) is 4.70. The van der Waals surface area contributed by atoms with Crippen molar-refractivity contribution in [2.24, 2.45) is 0 Å². The van der Waals surface area contributed by atoms with Crippen molar-refractivity contribution in [3.8, 4) is 5.75 Å². The average molecular weight is 348 g/mol. The van der Waals surface area contributed by atoms with Gasteiger partial charge in [0.2, 0.25) is 0 Å². The van der Waals surface area contributed by atoms with E-state index in [2.05, 4.69) is 0 Å². The topological polar surface area (TPSA) is 69.4 Å². The van der Waals surface area contributed by atoms with Crippen LogP contribution >= 0.6 is 22.9 Å². The van der Waals surface area contributed by atoms with E-state index in [1.807, 2.05) is 12.3 Å². The molecule has 23 heavy (non-hydrogen) atoms. The van der Waals surface area contributed by atoms with Crippen LogP contribution in [0.1, 0.15) is 15.9 Å².